The molecule has 1 aromatic heterocycles. The molecular formula is C13H20IN3O. The van der Waals surface area contributed by atoms with Crippen molar-refractivity contribution in [3.8, 4) is 0 Å². The highest BCUT2D eigenvalue weighted by molar-refractivity contribution is 14.1. The van der Waals surface area contributed by atoms with E-state index in [0.717, 1.165) is 40.3 Å². The van der Waals surface area contributed by atoms with Crippen molar-refractivity contribution in [3.05, 3.63) is 15.1 Å². The molecule has 18 heavy (non-hydrogen) atoms. The SMILES string of the molecule is CCNc1nc(C2(OC)CCCC2)nc(C)c1I. The summed E-state index contributed by atoms with van der Waals surface area (Å²) in [6, 6.07) is 0. The number of halogens is 1. The average molecular weight is 361 g/mol. The molecule has 1 aromatic rings. The summed E-state index contributed by atoms with van der Waals surface area (Å²) < 4.78 is 6.86. The van der Waals surface area contributed by atoms with E-state index in [4.69, 9.17) is 9.72 Å². The largest absolute Gasteiger partial charge is 0.370 e. The molecule has 0 atom stereocenters. The third-order valence-electron chi connectivity index (χ3n) is 3.57. The Morgan fingerprint density at radius 2 is 2.00 bits per heavy atom. The van der Waals surface area contributed by atoms with Gasteiger partial charge in [0.15, 0.2) is 5.82 Å². The molecule has 1 heterocycles. The first-order chi connectivity index (χ1) is 8.63. The fourth-order valence-corrected chi connectivity index (χ4v) is 2.94. The molecule has 1 N–H and O–H groups in total. The number of hydrogen-bond donors (Lipinski definition) is 1. The standard InChI is InChI=1S/C13H20IN3O/c1-4-15-11-10(14)9(2)16-12(17-11)13(18-3)7-5-6-8-13/h4-8H2,1-3H3,(H,15,16,17). The molecule has 0 spiro atoms. The molecule has 0 amide bonds. The van der Waals surface area contributed by atoms with E-state index in [2.05, 4.69) is 39.8 Å². The monoisotopic (exact) mass is 361 g/mol. The van der Waals surface area contributed by atoms with Crippen LogP contribution in [0.3, 0.4) is 0 Å². The fourth-order valence-electron chi connectivity index (χ4n) is 2.51. The first-order valence-electron chi connectivity index (χ1n) is 6.46. The van der Waals surface area contributed by atoms with Crippen molar-refractivity contribution < 1.29 is 4.74 Å². The molecule has 1 saturated carbocycles. The molecule has 5 heteroatoms. The molecule has 0 saturated heterocycles. The number of ether oxygens (including phenoxy) is 1. The van der Waals surface area contributed by atoms with Gasteiger partial charge in [0, 0.05) is 13.7 Å². The number of nitrogens with one attached hydrogen (secondary N) is 1. The van der Waals surface area contributed by atoms with Gasteiger partial charge >= 0.3 is 0 Å². The minimum absolute atomic E-state index is 0.265. The molecule has 4 nitrogen and oxygen atoms in total. The highest BCUT2D eigenvalue weighted by atomic mass is 127. The zero-order chi connectivity index (χ0) is 13.2. The van der Waals surface area contributed by atoms with Crippen LogP contribution < -0.4 is 5.32 Å². The van der Waals surface area contributed by atoms with Gasteiger partial charge in [-0.25, -0.2) is 9.97 Å². The van der Waals surface area contributed by atoms with Gasteiger partial charge in [0.05, 0.1) is 9.26 Å². The summed E-state index contributed by atoms with van der Waals surface area (Å²) in [7, 11) is 1.77. The van der Waals surface area contributed by atoms with E-state index in [9.17, 15) is 0 Å². The predicted molar refractivity (Wildman–Crippen MR) is 80.8 cm³/mol. The first kappa shape index (κ1) is 14.0. The molecular weight excluding hydrogens is 341 g/mol. The van der Waals surface area contributed by atoms with Crippen molar-refractivity contribution in [1.82, 2.24) is 9.97 Å². The Kier molecular flexibility index (Phi) is 4.42. The Morgan fingerprint density at radius 3 is 2.56 bits per heavy atom. The van der Waals surface area contributed by atoms with Crippen molar-refractivity contribution in [2.75, 3.05) is 19.0 Å². The maximum atomic E-state index is 5.76. The number of hydrogen-bond acceptors (Lipinski definition) is 4. The molecule has 100 valence electrons. The van der Waals surface area contributed by atoms with Crippen LogP contribution in [0, 0.1) is 10.5 Å². The number of anilines is 1. The topological polar surface area (TPSA) is 47.0 Å². The zero-order valence-corrected chi connectivity index (χ0v) is 13.4. The summed E-state index contributed by atoms with van der Waals surface area (Å²) in [5.41, 5.74) is 0.763. The predicted octanol–water partition coefficient (Wildman–Crippen LogP) is 3.24. The third-order valence-corrected chi connectivity index (χ3v) is 4.86. The van der Waals surface area contributed by atoms with Crippen LogP contribution in [0.5, 0.6) is 0 Å². The van der Waals surface area contributed by atoms with Gasteiger partial charge in [-0.1, -0.05) is 0 Å². The van der Waals surface area contributed by atoms with E-state index < -0.39 is 0 Å². The molecule has 1 fully saturated rings. The van der Waals surface area contributed by atoms with Crippen molar-refractivity contribution >= 4 is 28.4 Å². The van der Waals surface area contributed by atoms with E-state index in [1.54, 1.807) is 7.11 Å². The van der Waals surface area contributed by atoms with Crippen molar-refractivity contribution in [2.45, 2.75) is 45.1 Å². The molecule has 0 bridgehead atoms. The summed E-state index contributed by atoms with van der Waals surface area (Å²) in [5, 5.41) is 3.31. The molecule has 0 unspecified atom stereocenters. The fraction of sp³-hybridized carbons (Fsp3) is 0.692. The van der Waals surface area contributed by atoms with Gasteiger partial charge in [-0.05, 0) is 62.1 Å². The second-order valence-electron chi connectivity index (χ2n) is 4.73. The highest BCUT2D eigenvalue weighted by Crippen LogP contribution is 2.40. The summed E-state index contributed by atoms with van der Waals surface area (Å²) in [5.74, 6) is 1.78. The minimum atomic E-state index is -0.265. The lowest BCUT2D eigenvalue weighted by Gasteiger charge is -2.26. The van der Waals surface area contributed by atoms with Crippen LogP contribution in [0.25, 0.3) is 0 Å². The van der Waals surface area contributed by atoms with Crippen LogP contribution in [0.1, 0.15) is 44.1 Å². The van der Waals surface area contributed by atoms with E-state index in [0.29, 0.717) is 0 Å². The number of aryl methyl sites for hydroxylation is 1. The molecule has 1 aliphatic carbocycles. The van der Waals surface area contributed by atoms with E-state index in [1.165, 1.54) is 12.8 Å². The van der Waals surface area contributed by atoms with Crippen LogP contribution in [0.4, 0.5) is 5.82 Å². The number of aromatic nitrogens is 2. The van der Waals surface area contributed by atoms with Crippen molar-refractivity contribution in [3.63, 3.8) is 0 Å². The smallest absolute Gasteiger partial charge is 0.162 e. The van der Waals surface area contributed by atoms with Gasteiger partial charge in [0.25, 0.3) is 0 Å². The average Bonchev–Trinajstić information content (AvgIpc) is 2.85. The van der Waals surface area contributed by atoms with Gasteiger partial charge in [-0.2, -0.15) is 0 Å². The summed E-state index contributed by atoms with van der Waals surface area (Å²) in [6.45, 7) is 4.98. The van der Waals surface area contributed by atoms with E-state index in [-0.39, 0.29) is 5.60 Å². The van der Waals surface area contributed by atoms with Crippen LogP contribution in [0.15, 0.2) is 0 Å². The first-order valence-corrected chi connectivity index (χ1v) is 7.54. The van der Waals surface area contributed by atoms with Crippen LogP contribution >= 0.6 is 22.6 Å². The Labute approximate surface area is 122 Å². The second-order valence-corrected chi connectivity index (χ2v) is 5.81. The highest BCUT2D eigenvalue weighted by Gasteiger charge is 2.39. The normalized spacial score (nSPS) is 18.0. The third kappa shape index (κ3) is 2.47. The van der Waals surface area contributed by atoms with Gasteiger partial charge in [0.2, 0.25) is 0 Å². The maximum Gasteiger partial charge on any atom is 0.162 e. The minimum Gasteiger partial charge on any atom is -0.370 e. The lowest BCUT2D eigenvalue weighted by Crippen LogP contribution is -2.28. The summed E-state index contributed by atoms with van der Waals surface area (Å²) in [6.07, 6.45) is 4.43. The zero-order valence-electron chi connectivity index (χ0n) is 11.2. The molecule has 0 radical (unpaired) electrons. The molecule has 2 rings (SSSR count). The van der Waals surface area contributed by atoms with Crippen LogP contribution in [-0.4, -0.2) is 23.6 Å². The lowest BCUT2D eigenvalue weighted by molar-refractivity contribution is -0.0163. The van der Waals surface area contributed by atoms with Gasteiger partial charge in [-0.3, -0.25) is 0 Å². The Hall–Kier alpha value is -0.430. The Bertz CT molecular complexity index is 430. The Morgan fingerprint density at radius 1 is 1.33 bits per heavy atom. The number of rotatable bonds is 4. The Balaban J connectivity index is 2.44. The molecule has 0 aliphatic heterocycles. The van der Waals surface area contributed by atoms with Gasteiger partial charge < -0.3 is 10.1 Å². The van der Waals surface area contributed by atoms with Crippen LogP contribution in [-0.2, 0) is 10.3 Å². The summed E-state index contributed by atoms with van der Waals surface area (Å²) in [4.78, 5) is 9.35. The second kappa shape index (κ2) is 5.69. The summed E-state index contributed by atoms with van der Waals surface area (Å²) >= 11 is 2.30. The van der Waals surface area contributed by atoms with Gasteiger partial charge in [-0.15, -0.1) is 0 Å². The van der Waals surface area contributed by atoms with Crippen molar-refractivity contribution in [2.24, 2.45) is 0 Å². The lowest BCUT2D eigenvalue weighted by atomic mass is 10.0. The van der Waals surface area contributed by atoms with E-state index >= 15 is 0 Å². The number of nitrogens with zero attached hydrogens (tertiary/aromatic N) is 2. The molecule has 0 aromatic carbocycles. The number of methoxy groups -OCH3 is 1. The van der Waals surface area contributed by atoms with Crippen molar-refractivity contribution in [1.29, 1.82) is 0 Å². The quantitative estimate of drug-likeness (QED) is 0.837. The van der Waals surface area contributed by atoms with Crippen LogP contribution in [0.2, 0.25) is 0 Å². The maximum absolute atomic E-state index is 5.76. The van der Waals surface area contributed by atoms with Gasteiger partial charge in [0.1, 0.15) is 11.4 Å². The molecule has 1 aliphatic rings. The van der Waals surface area contributed by atoms with E-state index in [1.807, 2.05) is 6.92 Å².